The molecule has 2 nitrogen and oxygen atoms in total. The number of amides is 1. The van der Waals surface area contributed by atoms with Crippen LogP contribution < -0.4 is 4.72 Å². The lowest BCUT2D eigenvalue weighted by atomic mass is 10.2. The first-order valence-corrected chi connectivity index (χ1v) is 6.00. The summed E-state index contributed by atoms with van der Waals surface area (Å²) in [5.74, 6) is 0.523. The molecule has 0 aromatic heterocycles. The third kappa shape index (κ3) is 2.41. The predicted octanol–water partition coefficient (Wildman–Crippen LogP) is 2.30. The van der Waals surface area contributed by atoms with E-state index in [-0.39, 0.29) is 18.5 Å². The van der Waals surface area contributed by atoms with E-state index >= 15 is 0 Å². The zero-order valence-electron chi connectivity index (χ0n) is 8.38. The highest BCUT2D eigenvalue weighted by Gasteiger charge is 2.44. The fourth-order valence-electron chi connectivity index (χ4n) is 1.56. The molecule has 14 heavy (non-hydrogen) atoms. The Kier molecular flexibility index (Phi) is 2.73. The number of rotatable bonds is 5. The van der Waals surface area contributed by atoms with Gasteiger partial charge in [-0.25, -0.2) is 0 Å². The summed E-state index contributed by atoms with van der Waals surface area (Å²) in [5, 5.41) is 0. The number of alkyl halides is 1. The predicted molar refractivity (Wildman–Crippen MR) is 55.6 cm³/mol. The minimum Gasteiger partial charge on any atom is -0.299 e. The van der Waals surface area contributed by atoms with Gasteiger partial charge in [0, 0.05) is 10.7 Å². The molecule has 0 saturated heterocycles. The van der Waals surface area contributed by atoms with E-state index in [1.807, 2.05) is 0 Å². The molecule has 1 amide bonds. The van der Waals surface area contributed by atoms with Gasteiger partial charge < -0.3 is 0 Å². The van der Waals surface area contributed by atoms with E-state index in [0.29, 0.717) is 17.1 Å². The molecule has 2 unspecified atom stereocenters. The summed E-state index contributed by atoms with van der Waals surface area (Å²) in [6.45, 7) is 1.86. The molecular formula is C10H16FNOS. The lowest BCUT2D eigenvalue weighted by Crippen LogP contribution is -2.21. The molecule has 0 spiro atoms. The zero-order valence-corrected chi connectivity index (χ0v) is 9.20. The Hall–Kier alpha value is -0.250. The molecule has 0 bridgehead atoms. The summed E-state index contributed by atoms with van der Waals surface area (Å²) in [6, 6.07) is 0. The molecule has 0 aromatic rings. The van der Waals surface area contributed by atoms with Crippen LogP contribution in [-0.4, -0.2) is 17.3 Å². The number of hydrogen-bond acceptors (Lipinski definition) is 2. The van der Waals surface area contributed by atoms with Crippen molar-refractivity contribution in [3.8, 4) is 0 Å². The molecule has 80 valence electrons. The first kappa shape index (κ1) is 10.3. The fraction of sp³-hybridized carbons (Fsp3) is 0.900. The maximum absolute atomic E-state index is 12.0. The van der Waals surface area contributed by atoms with Gasteiger partial charge in [0.1, 0.15) is 0 Å². The van der Waals surface area contributed by atoms with Gasteiger partial charge in [0.2, 0.25) is 5.91 Å². The maximum atomic E-state index is 12.0. The Balaban J connectivity index is 1.65. The summed E-state index contributed by atoms with van der Waals surface area (Å²) in [6.07, 6.45) is 3.82. The van der Waals surface area contributed by atoms with Crippen molar-refractivity contribution < 1.29 is 9.18 Å². The minimum atomic E-state index is -0.292. The molecule has 2 fully saturated rings. The molecule has 2 rings (SSSR count). The zero-order chi connectivity index (χ0) is 10.2. The van der Waals surface area contributed by atoms with Crippen LogP contribution >= 0.6 is 11.9 Å². The van der Waals surface area contributed by atoms with Gasteiger partial charge in [-0.3, -0.25) is 13.9 Å². The third-order valence-electron chi connectivity index (χ3n) is 3.09. The minimum absolute atomic E-state index is 0.0978. The van der Waals surface area contributed by atoms with Gasteiger partial charge in [0.05, 0.1) is 6.67 Å². The van der Waals surface area contributed by atoms with Crippen LogP contribution in [-0.2, 0) is 4.79 Å². The van der Waals surface area contributed by atoms with Crippen LogP contribution in [0.4, 0.5) is 4.39 Å². The van der Waals surface area contributed by atoms with Gasteiger partial charge in [-0.2, -0.15) is 0 Å². The van der Waals surface area contributed by atoms with Gasteiger partial charge in [-0.15, -0.1) is 0 Å². The number of halogens is 1. The number of carbonyl (C=O) groups is 1. The van der Waals surface area contributed by atoms with Crippen LogP contribution in [0.2, 0.25) is 0 Å². The lowest BCUT2D eigenvalue weighted by molar-refractivity contribution is -0.120. The van der Waals surface area contributed by atoms with Crippen molar-refractivity contribution in [3.05, 3.63) is 0 Å². The van der Waals surface area contributed by atoms with E-state index in [2.05, 4.69) is 11.6 Å². The van der Waals surface area contributed by atoms with E-state index < -0.39 is 0 Å². The second-order valence-electron chi connectivity index (χ2n) is 4.60. The van der Waals surface area contributed by atoms with E-state index in [0.717, 1.165) is 6.42 Å². The van der Waals surface area contributed by atoms with E-state index in [1.165, 1.54) is 12.8 Å². The van der Waals surface area contributed by atoms with Crippen LogP contribution in [0.25, 0.3) is 0 Å². The molecule has 0 aliphatic heterocycles. The Morgan fingerprint density at radius 2 is 2.36 bits per heavy atom. The Morgan fingerprint density at radius 3 is 2.93 bits per heavy atom. The second-order valence-corrected chi connectivity index (χ2v) is 5.99. The summed E-state index contributed by atoms with van der Waals surface area (Å²) in [5.41, 5.74) is 0. The second kappa shape index (κ2) is 3.72. The molecule has 2 atom stereocenters. The topological polar surface area (TPSA) is 29.1 Å². The van der Waals surface area contributed by atoms with Crippen LogP contribution in [0.3, 0.4) is 0 Å². The Labute approximate surface area is 88.1 Å². The quantitative estimate of drug-likeness (QED) is 0.716. The standard InChI is InChI=1S/C10H16FNOS/c1-10(3-4-10)14-12-9(13)8-6-7(8)2-5-11/h7-8H,2-6H2,1H3,(H,12,13). The molecule has 4 heteroatoms. The first-order chi connectivity index (χ1) is 6.64. The van der Waals surface area contributed by atoms with Crippen molar-refractivity contribution in [1.82, 2.24) is 4.72 Å². The Bertz CT molecular complexity index is 242. The van der Waals surface area contributed by atoms with Gasteiger partial charge in [-0.05, 0) is 50.5 Å². The highest BCUT2D eigenvalue weighted by molar-refractivity contribution is 7.99. The number of nitrogens with one attached hydrogen (secondary N) is 1. The lowest BCUT2D eigenvalue weighted by Gasteiger charge is -2.08. The van der Waals surface area contributed by atoms with Gasteiger partial charge >= 0.3 is 0 Å². The summed E-state index contributed by atoms with van der Waals surface area (Å²) < 4.78 is 15.2. The monoisotopic (exact) mass is 217 g/mol. The van der Waals surface area contributed by atoms with Crippen LogP contribution in [0.5, 0.6) is 0 Å². The van der Waals surface area contributed by atoms with E-state index in [4.69, 9.17) is 0 Å². The van der Waals surface area contributed by atoms with E-state index in [1.54, 1.807) is 11.9 Å². The fourth-order valence-corrected chi connectivity index (χ4v) is 2.36. The van der Waals surface area contributed by atoms with Gasteiger partial charge in [0.25, 0.3) is 0 Å². The molecule has 2 saturated carbocycles. The molecule has 0 heterocycles. The Morgan fingerprint density at radius 1 is 1.64 bits per heavy atom. The normalized spacial score (nSPS) is 32.4. The molecule has 0 aromatic carbocycles. The number of carbonyl (C=O) groups excluding carboxylic acids is 1. The van der Waals surface area contributed by atoms with Crippen molar-refractivity contribution in [1.29, 1.82) is 0 Å². The maximum Gasteiger partial charge on any atom is 0.233 e. The molecular weight excluding hydrogens is 201 g/mol. The molecule has 2 aliphatic carbocycles. The van der Waals surface area contributed by atoms with Crippen molar-refractivity contribution in [2.45, 2.75) is 37.4 Å². The first-order valence-electron chi connectivity index (χ1n) is 5.18. The summed E-state index contributed by atoms with van der Waals surface area (Å²) in [7, 11) is 0. The van der Waals surface area contributed by atoms with Gasteiger partial charge in [0.15, 0.2) is 0 Å². The van der Waals surface area contributed by atoms with Crippen LogP contribution in [0.15, 0.2) is 0 Å². The molecule has 2 aliphatic rings. The summed E-state index contributed by atoms with van der Waals surface area (Å²) in [4.78, 5) is 11.5. The SMILES string of the molecule is CC1(SNC(=O)C2CC2CCF)CC1. The van der Waals surface area contributed by atoms with Crippen molar-refractivity contribution in [2.24, 2.45) is 11.8 Å². The van der Waals surface area contributed by atoms with E-state index in [9.17, 15) is 9.18 Å². The molecule has 0 radical (unpaired) electrons. The summed E-state index contributed by atoms with van der Waals surface area (Å²) >= 11 is 1.55. The average Bonchev–Trinajstić information content (AvgIpc) is 3.02. The van der Waals surface area contributed by atoms with Gasteiger partial charge in [-0.1, -0.05) is 0 Å². The largest absolute Gasteiger partial charge is 0.299 e. The highest BCUT2D eigenvalue weighted by atomic mass is 32.2. The van der Waals surface area contributed by atoms with Crippen molar-refractivity contribution in [2.75, 3.05) is 6.67 Å². The number of hydrogen-bond donors (Lipinski definition) is 1. The van der Waals surface area contributed by atoms with Crippen LogP contribution in [0.1, 0.15) is 32.6 Å². The average molecular weight is 217 g/mol. The third-order valence-corrected chi connectivity index (χ3v) is 4.30. The highest BCUT2D eigenvalue weighted by Crippen LogP contribution is 2.47. The van der Waals surface area contributed by atoms with Crippen molar-refractivity contribution >= 4 is 17.9 Å². The van der Waals surface area contributed by atoms with Crippen molar-refractivity contribution in [3.63, 3.8) is 0 Å². The van der Waals surface area contributed by atoms with Crippen LogP contribution in [0, 0.1) is 11.8 Å². The molecule has 1 N–H and O–H groups in total. The smallest absolute Gasteiger partial charge is 0.233 e.